The maximum Gasteiger partial charge on any atom is 0.224 e. The molecule has 0 radical (unpaired) electrons. The predicted molar refractivity (Wildman–Crippen MR) is 104 cm³/mol. The number of nitrogen functional groups attached to an aromatic ring is 2. The lowest BCUT2D eigenvalue weighted by Gasteiger charge is -2.19. The summed E-state index contributed by atoms with van der Waals surface area (Å²) in [5, 5.41) is 0. The van der Waals surface area contributed by atoms with Crippen molar-refractivity contribution in [2.45, 2.75) is 13.5 Å². The molecule has 0 bridgehead atoms. The number of rotatable bonds is 5. The summed E-state index contributed by atoms with van der Waals surface area (Å²) in [4.78, 5) is 27.4. The van der Waals surface area contributed by atoms with E-state index < -0.39 is 0 Å². The van der Waals surface area contributed by atoms with E-state index in [9.17, 15) is 0 Å². The van der Waals surface area contributed by atoms with E-state index in [0.717, 1.165) is 17.1 Å². The SMILES string of the molecule is CCOc1cccc(N(C)Cc2cnc3nc(N)nc(N)c3n2)c1.NC=O. The summed E-state index contributed by atoms with van der Waals surface area (Å²) in [7, 11) is 1.97. The van der Waals surface area contributed by atoms with Crippen LogP contribution in [0.1, 0.15) is 12.6 Å². The molecule has 142 valence electrons. The van der Waals surface area contributed by atoms with Crippen LogP contribution in [0.2, 0.25) is 0 Å². The van der Waals surface area contributed by atoms with E-state index in [-0.39, 0.29) is 18.2 Å². The topological polar surface area (TPSA) is 159 Å². The Morgan fingerprint density at radius 2 is 1.96 bits per heavy atom. The van der Waals surface area contributed by atoms with E-state index >= 15 is 0 Å². The standard InChI is InChI=1S/C16H19N7O.CH3NO/c1-3-24-12-6-4-5-11(7-12)23(2)9-10-8-19-15-13(20-10)14(17)21-16(18)22-15;2-1-3/h4-8H,3,9H2,1-2H3,(H4,17,18,19,21,22);1H,(H2,2,3). The lowest BCUT2D eigenvalue weighted by molar-refractivity contribution is -0.106. The van der Waals surface area contributed by atoms with E-state index in [1.54, 1.807) is 6.20 Å². The highest BCUT2D eigenvalue weighted by Gasteiger charge is 2.10. The molecular formula is C17H22N8O2. The highest BCUT2D eigenvalue weighted by atomic mass is 16.5. The molecule has 10 heteroatoms. The summed E-state index contributed by atoms with van der Waals surface area (Å²) < 4.78 is 5.53. The molecule has 3 aromatic rings. The quantitative estimate of drug-likeness (QED) is 0.550. The maximum absolute atomic E-state index is 8.58. The average Bonchev–Trinajstić information content (AvgIpc) is 2.63. The van der Waals surface area contributed by atoms with Crippen molar-refractivity contribution >= 4 is 35.0 Å². The van der Waals surface area contributed by atoms with Crippen molar-refractivity contribution in [2.24, 2.45) is 5.73 Å². The van der Waals surface area contributed by atoms with Gasteiger partial charge in [-0.2, -0.15) is 9.97 Å². The highest BCUT2D eigenvalue weighted by Crippen LogP contribution is 2.22. The van der Waals surface area contributed by atoms with Gasteiger partial charge >= 0.3 is 0 Å². The maximum atomic E-state index is 8.58. The van der Waals surface area contributed by atoms with Crippen LogP contribution in [0.5, 0.6) is 5.75 Å². The largest absolute Gasteiger partial charge is 0.494 e. The number of ether oxygens (including phenoxy) is 1. The molecule has 0 saturated heterocycles. The molecule has 2 heterocycles. The van der Waals surface area contributed by atoms with Crippen molar-refractivity contribution in [2.75, 3.05) is 30.0 Å². The van der Waals surface area contributed by atoms with Crippen LogP contribution in [-0.4, -0.2) is 40.0 Å². The molecule has 0 fully saturated rings. The van der Waals surface area contributed by atoms with Gasteiger partial charge in [-0.05, 0) is 19.1 Å². The van der Waals surface area contributed by atoms with Gasteiger partial charge in [0.05, 0.1) is 25.0 Å². The number of aromatic nitrogens is 4. The summed E-state index contributed by atoms with van der Waals surface area (Å²) in [6.07, 6.45) is 1.91. The second-order valence-electron chi connectivity index (χ2n) is 5.42. The Kier molecular flexibility index (Phi) is 6.64. The van der Waals surface area contributed by atoms with Crippen molar-refractivity contribution in [3.8, 4) is 5.75 Å². The molecule has 0 aliphatic rings. The molecule has 0 saturated carbocycles. The number of hydrogen-bond donors (Lipinski definition) is 3. The average molecular weight is 370 g/mol. The van der Waals surface area contributed by atoms with E-state index in [0.29, 0.717) is 24.3 Å². The van der Waals surface area contributed by atoms with Crippen LogP contribution in [0.4, 0.5) is 17.5 Å². The van der Waals surface area contributed by atoms with Crippen LogP contribution in [0.25, 0.3) is 11.2 Å². The number of carbonyl (C=O) groups is 1. The Labute approximate surface area is 156 Å². The van der Waals surface area contributed by atoms with Gasteiger partial charge in [-0.25, -0.2) is 9.97 Å². The second kappa shape index (κ2) is 9.13. The number of fused-ring (bicyclic) bond motifs is 1. The Morgan fingerprint density at radius 1 is 1.22 bits per heavy atom. The third-order valence-corrected chi connectivity index (χ3v) is 3.47. The van der Waals surface area contributed by atoms with Gasteiger partial charge in [0, 0.05) is 18.8 Å². The Morgan fingerprint density at radius 3 is 2.67 bits per heavy atom. The van der Waals surface area contributed by atoms with Crippen molar-refractivity contribution in [1.29, 1.82) is 0 Å². The molecule has 3 rings (SSSR count). The number of benzene rings is 1. The van der Waals surface area contributed by atoms with Gasteiger partial charge < -0.3 is 26.8 Å². The molecule has 0 unspecified atom stereocenters. The summed E-state index contributed by atoms with van der Waals surface area (Å²) in [5.41, 5.74) is 18.2. The normalized spacial score (nSPS) is 10.0. The van der Waals surface area contributed by atoms with Crippen LogP contribution in [0.3, 0.4) is 0 Å². The number of nitrogens with two attached hydrogens (primary N) is 3. The number of amides is 1. The van der Waals surface area contributed by atoms with Gasteiger partial charge in [0.1, 0.15) is 5.75 Å². The zero-order valence-corrected chi connectivity index (χ0v) is 15.2. The first kappa shape index (κ1) is 19.6. The van der Waals surface area contributed by atoms with E-state index in [1.165, 1.54) is 0 Å². The number of primary amides is 1. The molecular weight excluding hydrogens is 348 g/mol. The van der Waals surface area contributed by atoms with Crippen molar-refractivity contribution < 1.29 is 9.53 Å². The minimum Gasteiger partial charge on any atom is -0.494 e. The van der Waals surface area contributed by atoms with Gasteiger partial charge in [0.25, 0.3) is 0 Å². The zero-order chi connectivity index (χ0) is 19.8. The molecule has 0 atom stereocenters. The number of carbonyl (C=O) groups excluding carboxylic acids is 1. The molecule has 0 aliphatic carbocycles. The van der Waals surface area contributed by atoms with Crippen LogP contribution in [-0.2, 0) is 11.3 Å². The predicted octanol–water partition coefficient (Wildman–Crippen LogP) is 0.721. The monoisotopic (exact) mass is 370 g/mol. The number of hydrogen-bond acceptors (Lipinski definition) is 9. The molecule has 1 aromatic carbocycles. The smallest absolute Gasteiger partial charge is 0.224 e. The lowest BCUT2D eigenvalue weighted by atomic mass is 10.2. The number of anilines is 3. The second-order valence-corrected chi connectivity index (χ2v) is 5.42. The minimum absolute atomic E-state index is 0.0897. The minimum atomic E-state index is 0.0897. The van der Waals surface area contributed by atoms with Crippen LogP contribution >= 0.6 is 0 Å². The third-order valence-electron chi connectivity index (χ3n) is 3.47. The van der Waals surface area contributed by atoms with Crippen molar-refractivity contribution in [3.63, 3.8) is 0 Å². The zero-order valence-electron chi connectivity index (χ0n) is 15.2. The van der Waals surface area contributed by atoms with E-state index in [2.05, 4.69) is 25.7 Å². The molecule has 27 heavy (non-hydrogen) atoms. The van der Waals surface area contributed by atoms with Gasteiger partial charge in [-0.15, -0.1) is 0 Å². The Bertz CT molecular complexity index is 919. The first-order chi connectivity index (χ1) is 13.0. The molecule has 2 aromatic heterocycles. The molecule has 6 N–H and O–H groups in total. The molecule has 0 spiro atoms. The summed E-state index contributed by atoms with van der Waals surface area (Å²) >= 11 is 0. The number of nitrogens with zero attached hydrogens (tertiary/aromatic N) is 5. The van der Waals surface area contributed by atoms with Gasteiger partial charge in [0.15, 0.2) is 17.0 Å². The third kappa shape index (κ3) is 5.14. The van der Waals surface area contributed by atoms with Crippen LogP contribution < -0.4 is 26.8 Å². The highest BCUT2D eigenvalue weighted by molar-refractivity contribution is 5.81. The van der Waals surface area contributed by atoms with Crippen molar-refractivity contribution in [3.05, 3.63) is 36.2 Å². The Balaban J connectivity index is 0.000000817. The van der Waals surface area contributed by atoms with Crippen LogP contribution in [0, 0.1) is 0 Å². The van der Waals surface area contributed by atoms with Crippen molar-refractivity contribution in [1.82, 2.24) is 19.9 Å². The van der Waals surface area contributed by atoms with Gasteiger partial charge in [-0.1, -0.05) is 6.07 Å². The first-order valence-electron chi connectivity index (χ1n) is 8.12. The fourth-order valence-corrected chi connectivity index (χ4v) is 2.37. The van der Waals surface area contributed by atoms with Crippen LogP contribution in [0.15, 0.2) is 30.5 Å². The summed E-state index contributed by atoms with van der Waals surface area (Å²) in [6.45, 7) is 3.15. The fraction of sp³-hybridized carbons (Fsp3) is 0.235. The fourth-order valence-electron chi connectivity index (χ4n) is 2.37. The Hall–Kier alpha value is -3.69. The summed E-state index contributed by atoms with van der Waals surface area (Å²) in [6, 6.07) is 7.88. The van der Waals surface area contributed by atoms with Gasteiger partial charge in [0.2, 0.25) is 12.4 Å². The molecule has 10 nitrogen and oxygen atoms in total. The lowest BCUT2D eigenvalue weighted by Crippen LogP contribution is -2.18. The van der Waals surface area contributed by atoms with E-state index in [4.69, 9.17) is 21.0 Å². The van der Waals surface area contributed by atoms with E-state index in [1.807, 2.05) is 43.1 Å². The van der Waals surface area contributed by atoms with Gasteiger partial charge in [-0.3, -0.25) is 4.79 Å². The summed E-state index contributed by atoms with van der Waals surface area (Å²) in [5.74, 6) is 1.15. The first-order valence-corrected chi connectivity index (χ1v) is 8.12. The molecule has 1 amide bonds. The molecule has 0 aliphatic heterocycles.